The number of hydrogen-bond donors (Lipinski definition) is 0. The second-order valence-corrected chi connectivity index (χ2v) is 22.8. The van der Waals surface area contributed by atoms with Crippen molar-refractivity contribution in [2.45, 2.75) is 150 Å². The van der Waals surface area contributed by atoms with Crippen LogP contribution in [0.1, 0.15) is 151 Å². The SMILES string of the molecule is CO[C@H](c1ncc(Cl)cn1)[C@H](C)S(=O)(=O)Cc1nnc([C@@H]2CC[C@H](C)O2)n1C1CCOCC1.CO[C@H](c1ncc(Cl)cn1)[C@H](C)S(=O)(=O)Cc1nnc([C@H]2CC[C@@H](C)O2)n1C1CCOCC1. The Hall–Kier alpha value is -3.32. The third-order valence-electron chi connectivity index (χ3n) is 12.7. The molecule has 66 heavy (non-hydrogen) atoms. The van der Waals surface area contributed by atoms with Crippen molar-refractivity contribution in [1.82, 2.24) is 49.5 Å². The van der Waals surface area contributed by atoms with Gasteiger partial charge in [-0.2, -0.15) is 0 Å². The van der Waals surface area contributed by atoms with E-state index < -0.39 is 42.4 Å². The van der Waals surface area contributed by atoms with Crippen molar-refractivity contribution >= 4 is 42.9 Å². The Labute approximate surface area is 396 Å². The van der Waals surface area contributed by atoms with Crippen LogP contribution in [0.2, 0.25) is 10.0 Å². The van der Waals surface area contributed by atoms with Gasteiger partial charge in [-0.15, -0.1) is 20.4 Å². The molecular weight excluding hydrogens is 940 g/mol. The zero-order chi connectivity index (χ0) is 47.2. The average molecular weight is 1000 g/mol. The van der Waals surface area contributed by atoms with Crippen LogP contribution in [0, 0.1) is 0 Å². The Kier molecular flexibility index (Phi) is 17.2. The molecule has 0 radical (unpaired) electrons. The van der Waals surface area contributed by atoms with Gasteiger partial charge < -0.3 is 37.6 Å². The van der Waals surface area contributed by atoms with Crippen molar-refractivity contribution in [3.63, 3.8) is 0 Å². The van der Waals surface area contributed by atoms with Crippen LogP contribution < -0.4 is 0 Å². The molecule has 0 aliphatic carbocycles. The van der Waals surface area contributed by atoms with Crippen LogP contribution in [0.3, 0.4) is 0 Å². The van der Waals surface area contributed by atoms with E-state index in [9.17, 15) is 16.8 Å². The lowest BCUT2D eigenvalue weighted by molar-refractivity contribution is 0.0390. The number of nitrogens with zero attached hydrogens (tertiary/aromatic N) is 10. The molecule has 0 N–H and O–H groups in total. The highest BCUT2D eigenvalue weighted by Gasteiger charge is 2.39. The normalized spacial score (nSPS) is 24.1. The summed E-state index contributed by atoms with van der Waals surface area (Å²) in [7, 11) is -4.52. The molecule has 0 unspecified atom stereocenters. The molecule has 20 nitrogen and oxygen atoms in total. The van der Waals surface area contributed by atoms with Gasteiger partial charge in [0.25, 0.3) is 0 Å². The molecule has 0 saturated carbocycles. The van der Waals surface area contributed by atoms with Crippen molar-refractivity contribution in [2.75, 3.05) is 40.6 Å². The summed E-state index contributed by atoms with van der Waals surface area (Å²) in [5, 5.41) is 16.4. The number of sulfone groups is 2. The van der Waals surface area contributed by atoms with Crippen molar-refractivity contribution in [1.29, 1.82) is 0 Å². The van der Waals surface area contributed by atoms with Gasteiger partial charge in [-0.1, -0.05) is 23.2 Å². The summed E-state index contributed by atoms with van der Waals surface area (Å²) in [6.45, 7) is 9.73. The first-order valence-corrected chi connectivity index (χ1v) is 26.6. The number of hydrogen-bond acceptors (Lipinski definition) is 18. The minimum absolute atomic E-state index is 0.0709. The molecule has 0 amide bonds. The number of methoxy groups -OCH3 is 2. The first-order chi connectivity index (χ1) is 31.6. The second kappa shape index (κ2) is 22.4. The summed E-state index contributed by atoms with van der Waals surface area (Å²) >= 11 is 11.7. The van der Waals surface area contributed by atoms with Crippen LogP contribution >= 0.6 is 23.2 Å². The quantitative estimate of drug-likeness (QED) is 0.125. The van der Waals surface area contributed by atoms with Gasteiger partial charge in [0.15, 0.2) is 43.0 Å². The molecule has 4 aliphatic rings. The van der Waals surface area contributed by atoms with Crippen LogP contribution in [-0.4, -0.2) is 130 Å². The molecule has 4 aromatic heterocycles. The number of aromatic nitrogens is 10. The molecule has 4 aliphatic heterocycles. The molecular formula is C42H60Cl2N10O10S2. The van der Waals surface area contributed by atoms with Gasteiger partial charge >= 0.3 is 0 Å². The molecule has 4 aromatic rings. The predicted octanol–water partition coefficient (Wildman–Crippen LogP) is 6.01. The molecule has 8 atom stereocenters. The molecule has 8 heterocycles. The highest BCUT2D eigenvalue weighted by molar-refractivity contribution is 7.91. The van der Waals surface area contributed by atoms with E-state index in [2.05, 4.69) is 40.3 Å². The monoisotopic (exact) mass is 998 g/mol. The van der Waals surface area contributed by atoms with Gasteiger partial charge in [-0.25, -0.2) is 36.8 Å². The lowest BCUT2D eigenvalue weighted by Crippen LogP contribution is -2.31. The van der Waals surface area contributed by atoms with Crippen molar-refractivity contribution in [3.05, 3.63) is 69.8 Å². The zero-order valence-electron chi connectivity index (χ0n) is 38.1. The third kappa shape index (κ3) is 11.9. The predicted molar refractivity (Wildman–Crippen MR) is 241 cm³/mol. The summed E-state index contributed by atoms with van der Waals surface area (Å²) in [4.78, 5) is 16.6. The van der Waals surface area contributed by atoms with Crippen LogP contribution in [0.4, 0.5) is 0 Å². The maximum absolute atomic E-state index is 13.5. The van der Waals surface area contributed by atoms with E-state index in [1.165, 1.54) is 39.0 Å². The van der Waals surface area contributed by atoms with E-state index in [-0.39, 0.29) is 59.7 Å². The van der Waals surface area contributed by atoms with Crippen LogP contribution in [-0.2, 0) is 59.6 Å². The van der Waals surface area contributed by atoms with E-state index >= 15 is 0 Å². The highest BCUT2D eigenvalue weighted by Crippen LogP contribution is 2.38. The first-order valence-electron chi connectivity index (χ1n) is 22.4. The summed E-state index contributed by atoms with van der Waals surface area (Å²) < 4.78 is 91.9. The van der Waals surface area contributed by atoms with E-state index in [0.717, 1.165) is 51.4 Å². The topological polar surface area (TPSA) is 237 Å². The fourth-order valence-electron chi connectivity index (χ4n) is 8.93. The van der Waals surface area contributed by atoms with Crippen LogP contribution in [0.5, 0.6) is 0 Å². The zero-order valence-corrected chi connectivity index (χ0v) is 41.3. The van der Waals surface area contributed by atoms with E-state index in [1.54, 1.807) is 13.8 Å². The molecule has 8 rings (SSSR count). The maximum atomic E-state index is 13.5. The Balaban J connectivity index is 0.000000196. The number of halogens is 2. The summed E-state index contributed by atoms with van der Waals surface area (Å²) in [6, 6.07) is 0.142. The lowest BCUT2D eigenvalue weighted by atomic mass is 10.1. The van der Waals surface area contributed by atoms with Crippen molar-refractivity contribution in [3.8, 4) is 0 Å². The fourth-order valence-corrected chi connectivity index (χ4v) is 12.0. The average Bonchev–Trinajstić information content (AvgIpc) is 4.13. The van der Waals surface area contributed by atoms with Crippen LogP contribution in [0.15, 0.2) is 24.8 Å². The molecule has 4 fully saturated rings. The summed E-state index contributed by atoms with van der Waals surface area (Å²) in [6.07, 6.45) is 10.6. The smallest absolute Gasteiger partial charge is 0.163 e. The van der Waals surface area contributed by atoms with E-state index in [1.807, 2.05) is 23.0 Å². The Morgan fingerprint density at radius 3 is 1.24 bits per heavy atom. The largest absolute Gasteiger partial charge is 0.381 e. The van der Waals surface area contributed by atoms with Crippen molar-refractivity contribution in [2.24, 2.45) is 0 Å². The molecule has 4 saturated heterocycles. The minimum atomic E-state index is -3.70. The molecule has 0 aromatic carbocycles. The Morgan fingerprint density at radius 2 is 0.939 bits per heavy atom. The Morgan fingerprint density at radius 1 is 0.591 bits per heavy atom. The molecule has 0 bridgehead atoms. The maximum Gasteiger partial charge on any atom is 0.163 e. The molecule has 24 heteroatoms. The van der Waals surface area contributed by atoms with E-state index in [4.69, 9.17) is 51.6 Å². The number of ether oxygens (including phenoxy) is 6. The van der Waals surface area contributed by atoms with Gasteiger partial charge in [0.05, 0.1) is 32.8 Å². The first kappa shape index (κ1) is 50.6. The van der Waals surface area contributed by atoms with Gasteiger partial charge in [0.1, 0.15) is 47.6 Å². The summed E-state index contributed by atoms with van der Waals surface area (Å²) in [5.74, 6) is 2.22. The minimum Gasteiger partial charge on any atom is -0.381 e. The lowest BCUT2D eigenvalue weighted by Gasteiger charge is -2.28. The number of rotatable bonds is 16. The standard InChI is InChI=1S/2C21H30ClN5O5S/c2*1-13-4-5-17(32-13)21-26-25-18(27(21)16-6-8-31-9-7-16)12-33(28,29)14(2)19(30-3)20-23-10-15(22)11-24-20/h2*10-11,13-14,16-17,19H,4-9,12H2,1-3H3/t13-,14+,17-,19+;13-,14-,17-,19-/m10/s1. The Bertz CT molecular complexity index is 2250. The van der Waals surface area contributed by atoms with Gasteiger partial charge in [0, 0.05) is 77.5 Å². The highest BCUT2D eigenvalue weighted by atomic mass is 35.5. The van der Waals surface area contributed by atoms with Crippen molar-refractivity contribution < 1.29 is 45.3 Å². The molecule has 364 valence electrons. The molecule has 0 spiro atoms. The van der Waals surface area contributed by atoms with Gasteiger partial charge in [0.2, 0.25) is 0 Å². The van der Waals surface area contributed by atoms with E-state index in [0.29, 0.717) is 59.8 Å². The van der Waals surface area contributed by atoms with Gasteiger partial charge in [-0.05, 0) is 79.1 Å². The van der Waals surface area contributed by atoms with Gasteiger partial charge in [-0.3, -0.25) is 0 Å². The fraction of sp³-hybridized carbons (Fsp3) is 0.714. The summed E-state index contributed by atoms with van der Waals surface area (Å²) in [5.41, 5.74) is 0. The third-order valence-corrected chi connectivity index (χ3v) is 17.2. The van der Waals surface area contributed by atoms with Crippen LogP contribution in [0.25, 0.3) is 0 Å². The second-order valence-electron chi connectivity index (χ2n) is 17.3.